The maximum absolute atomic E-state index is 4.72. The Labute approximate surface area is 146 Å². The Balaban J connectivity index is 2.28. The molecular weight excluding hydrogens is 306 g/mol. The zero-order chi connectivity index (χ0) is 17.5. The number of para-hydroxylation sites is 1. The molecule has 2 aromatic rings. The second-order valence-corrected chi connectivity index (χ2v) is 11.7. The zero-order valence-electron chi connectivity index (χ0n) is 15.6. The van der Waals surface area contributed by atoms with E-state index in [0.717, 1.165) is 5.52 Å². The van der Waals surface area contributed by atoms with Crippen LogP contribution in [0.5, 0.6) is 0 Å². The van der Waals surface area contributed by atoms with Crippen molar-refractivity contribution in [2.24, 2.45) is 0 Å². The van der Waals surface area contributed by atoms with E-state index >= 15 is 0 Å². The molecule has 0 radical (unpaired) electrons. The Kier molecular flexibility index (Phi) is 4.35. The normalized spacial score (nSPS) is 19.2. The van der Waals surface area contributed by atoms with Crippen LogP contribution in [0.1, 0.15) is 39.2 Å². The first-order valence-electron chi connectivity index (χ1n) is 8.75. The quantitative estimate of drug-likeness (QED) is 0.597. The van der Waals surface area contributed by atoms with Gasteiger partial charge in [-0.2, -0.15) is 0 Å². The summed E-state index contributed by atoms with van der Waals surface area (Å²) in [7, 11) is -1.62. The lowest BCUT2D eigenvalue weighted by Gasteiger charge is -2.29. The van der Waals surface area contributed by atoms with E-state index in [2.05, 4.69) is 76.8 Å². The highest BCUT2D eigenvalue weighted by Crippen LogP contribution is 2.48. The Morgan fingerprint density at radius 1 is 1.00 bits per heavy atom. The lowest BCUT2D eigenvalue weighted by atomic mass is 9.91. The number of fused-ring (bicyclic) bond motifs is 1. The summed E-state index contributed by atoms with van der Waals surface area (Å²) in [6.07, 6.45) is 4.14. The van der Waals surface area contributed by atoms with Crippen molar-refractivity contribution in [3.63, 3.8) is 0 Å². The third-order valence-corrected chi connectivity index (χ3v) is 8.75. The highest BCUT2D eigenvalue weighted by molar-refractivity contribution is 6.89. The van der Waals surface area contributed by atoms with Gasteiger partial charge < -0.3 is 0 Å². The molecule has 1 aliphatic rings. The molecule has 3 rings (SSSR count). The Morgan fingerprint density at radius 2 is 1.71 bits per heavy atom. The fourth-order valence-electron chi connectivity index (χ4n) is 4.26. The zero-order valence-corrected chi connectivity index (χ0v) is 16.6. The molecule has 0 saturated heterocycles. The molecule has 0 amide bonds. The second kappa shape index (κ2) is 6.17. The Bertz CT molecular complexity index is 878. The Morgan fingerprint density at radius 3 is 2.42 bits per heavy atom. The number of aromatic nitrogens is 1. The van der Waals surface area contributed by atoms with E-state index in [1.165, 1.54) is 27.7 Å². The van der Waals surface area contributed by atoms with Gasteiger partial charge in [0.15, 0.2) is 0 Å². The number of benzene rings is 1. The third-order valence-electron chi connectivity index (χ3n) is 5.53. The number of pyridine rings is 1. The summed E-state index contributed by atoms with van der Waals surface area (Å²) in [5.74, 6) is 0.376. The van der Waals surface area contributed by atoms with Crippen LogP contribution in [0, 0.1) is 0 Å². The summed E-state index contributed by atoms with van der Waals surface area (Å²) in [6, 6.07) is 10.8. The summed E-state index contributed by atoms with van der Waals surface area (Å²) in [4.78, 5) is 4.72. The molecule has 1 atom stereocenters. The van der Waals surface area contributed by atoms with E-state index in [4.69, 9.17) is 4.98 Å². The van der Waals surface area contributed by atoms with Gasteiger partial charge in [0.25, 0.3) is 0 Å². The predicted molar refractivity (Wildman–Crippen MR) is 108 cm³/mol. The van der Waals surface area contributed by atoms with E-state index < -0.39 is 8.07 Å². The van der Waals surface area contributed by atoms with Gasteiger partial charge >= 0.3 is 0 Å². The molecule has 1 aliphatic carbocycles. The molecule has 1 aromatic heterocycles. The molecule has 2 heteroatoms. The highest BCUT2D eigenvalue weighted by atomic mass is 28.3. The summed E-state index contributed by atoms with van der Waals surface area (Å²) in [6.45, 7) is 14.0. The predicted octanol–water partition coefficient (Wildman–Crippen LogP) is 6.35. The summed E-state index contributed by atoms with van der Waals surface area (Å²) in [5.41, 5.74) is 9.43. The van der Waals surface area contributed by atoms with Gasteiger partial charge in [0.2, 0.25) is 0 Å². The van der Waals surface area contributed by atoms with Crippen molar-refractivity contribution in [2.75, 3.05) is 0 Å². The first kappa shape index (κ1) is 16.9. The first-order chi connectivity index (χ1) is 11.4. The SMILES string of the molecule is CC=C[Si](C)(C)C1=C(C)C(C)=C(C)C1c1cccc2cccnc12. The minimum absolute atomic E-state index is 0.376. The maximum atomic E-state index is 4.72. The molecule has 24 heavy (non-hydrogen) atoms. The van der Waals surface area contributed by atoms with E-state index in [1.54, 1.807) is 5.20 Å². The van der Waals surface area contributed by atoms with Crippen LogP contribution in [0.2, 0.25) is 13.1 Å². The van der Waals surface area contributed by atoms with Gasteiger partial charge in [-0.25, -0.2) is 0 Å². The van der Waals surface area contributed by atoms with Crippen LogP contribution in [0.3, 0.4) is 0 Å². The van der Waals surface area contributed by atoms with Gasteiger partial charge in [-0.15, -0.1) is 0 Å². The maximum Gasteiger partial charge on any atom is 0.100 e. The first-order valence-corrected chi connectivity index (χ1v) is 11.8. The van der Waals surface area contributed by atoms with E-state index in [0.29, 0.717) is 5.92 Å². The van der Waals surface area contributed by atoms with Gasteiger partial charge in [0.05, 0.1) is 5.52 Å². The summed E-state index contributed by atoms with van der Waals surface area (Å²) < 4.78 is 0. The monoisotopic (exact) mass is 333 g/mol. The molecule has 124 valence electrons. The van der Waals surface area contributed by atoms with Crippen LogP contribution in [0.25, 0.3) is 10.9 Å². The molecule has 0 bridgehead atoms. The summed E-state index contributed by atoms with van der Waals surface area (Å²) >= 11 is 0. The largest absolute Gasteiger partial charge is 0.256 e. The number of rotatable bonds is 3. The van der Waals surface area contributed by atoms with Crippen LogP contribution >= 0.6 is 0 Å². The number of nitrogens with zero attached hydrogens (tertiary/aromatic N) is 1. The smallest absolute Gasteiger partial charge is 0.100 e. The van der Waals surface area contributed by atoms with Crippen LogP contribution < -0.4 is 0 Å². The van der Waals surface area contributed by atoms with Crippen molar-refractivity contribution in [3.05, 3.63) is 75.8 Å². The molecule has 0 saturated carbocycles. The van der Waals surface area contributed by atoms with Crippen LogP contribution in [-0.4, -0.2) is 13.1 Å². The van der Waals surface area contributed by atoms with Crippen LogP contribution in [0.15, 0.2) is 70.2 Å². The standard InChI is InChI=1S/C22H27NSi/c1-7-14-24(5,6)22-17(4)15(2)16(3)20(22)19-12-8-10-18-11-9-13-23-21(18)19/h7-14,20H,1-6H3. The van der Waals surface area contributed by atoms with Gasteiger partial charge in [-0.05, 0) is 44.9 Å². The molecule has 0 N–H and O–H groups in total. The van der Waals surface area contributed by atoms with Crippen molar-refractivity contribution < 1.29 is 0 Å². The minimum atomic E-state index is -1.62. The van der Waals surface area contributed by atoms with Crippen molar-refractivity contribution in [1.29, 1.82) is 0 Å². The lowest BCUT2D eigenvalue weighted by molar-refractivity contribution is 0.981. The molecular formula is C22H27NSi. The Hall–Kier alpha value is -1.93. The van der Waals surface area contributed by atoms with Crippen molar-refractivity contribution in [1.82, 2.24) is 4.98 Å². The topological polar surface area (TPSA) is 12.9 Å². The molecule has 0 fully saturated rings. The molecule has 1 nitrogen and oxygen atoms in total. The molecule has 1 unspecified atom stereocenters. The van der Waals surface area contributed by atoms with Crippen LogP contribution in [0.4, 0.5) is 0 Å². The van der Waals surface area contributed by atoms with E-state index in [-0.39, 0.29) is 0 Å². The lowest BCUT2D eigenvalue weighted by Crippen LogP contribution is -2.30. The molecule has 0 aliphatic heterocycles. The second-order valence-electron chi connectivity index (χ2n) is 7.42. The van der Waals surface area contributed by atoms with E-state index in [1.807, 2.05) is 12.3 Å². The highest BCUT2D eigenvalue weighted by Gasteiger charge is 2.38. The molecule has 0 spiro atoms. The van der Waals surface area contributed by atoms with Gasteiger partial charge in [-0.1, -0.05) is 65.5 Å². The number of hydrogen-bond donors (Lipinski definition) is 0. The number of hydrogen-bond acceptors (Lipinski definition) is 1. The van der Waals surface area contributed by atoms with Crippen molar-refractivity contribution in [2.45, 2.75) is 46.7 Å². The minimum Gasteiger partial charge on any atom is -0.256 e. The van der Waals surface area contributed by atoms with E-state index in [9.17, 15) is 0 Å². The average Bonchev–Trinajstić information content (AvgIpc) is 2.79. The van der Waals surface area contributed by atoms with Crippen molar-refractivity contribution >= 4 is 19.0 Å². The fourth-order valence-corrected chi connectivity index (χ4v) is 7.54. The van der Waals surface area contributed by atoms with Crippen LogP contribution in [-0.2, 0) is 0 Å². The number of allylic oxidation sites excluding steroid dienone is 5. The molecule has 1 heterocycles. The molecule has 1 aromatic carbocycles. The summed E-state index contributed by atoms with van der Waals surface area (Å²) in [5, 5.41) is 2.88. The third kappa shape index (κ3) is 2.59. The van der Waals surface area contributed by atoms with Gasteiger partial charge in [-0.3, -0.25) is 4.98 Å². The fraction of sp³-hybridized carbons (Fsp3) is 0.318. The average molecular weight is 334 g/mol. The van der Waals surface area contributed by atoms with Gasteiger partial charge in [0, 0.05) is 17.5 Å². The van der Waals surface area contributed by atoms with Gasteiger partial charge in [0.1, 0.15) is 8.07 Å². The van der Waals surface area contributed by atoms with Crippen molar-refractivity contribution in [3.8, 4) is 0 Å².